The number of phenols is 1. The molecule has 4 fully saturated rings. The van der Waals surface area contributed by atoms with Crippen molar-refractivity contribution in [3.8, 4) is 23.0 Å². The highest BCUT2D eigenvalue weighted by Crippen LogP contribution is 2.42. The maximum absolute atomic E-state index is 16.6. The zero-order chi connectivity index (χ0) is 28.6. The molecule has 4 aliphatic rings. The predicted molar refractivity (Wildman–Crippen MR) is 158 cm³/mol. The molecule has 0 aliphatic carbocycles. The van der Waals surface area contributed by atoms with Crippen LogP contribution in [0.15, 0.2) is 36.5 Å². The average Bonchev–Trinajstić information content (AvgIpc) is 3.61. The zero-order valence-corrected chi connectivity index (χ0v) is 23.7. The van der Waals surface area contributed by atoms with Crippen molar-refractivity contribution in [1.82, 2.24) is 25.2 Å². The van der Waals surface area contributed by atoms with Gasteiger partial charge in [-0.05, 0) is 55.8 Å². The summed E-state index contributed by atoms with van der Waals surface area (Å²) in [6, 6.07) is 9.12. The van der Waals surface area contributed by atoms with E-state index in [-0.39, 0.29) is 35.1 Å². The van der Waals surface area contributed by atoms with Gasteiger partial charge in [0.25, 0.3) is 0 Å². The van der Waals surface area contributed by atoms with Crippen molar-refractivity contribution in [2.24, 2.45) is 0 Å². The van der Waals surface area contributed by atoms with Gasteiger partial charge in [-0.15, -0.1) is 0 Å². The Balaban J connectivity index is 1.26. The Hall–Kier alpha value is -3.34. The number of alkyl halides is 1. The number of hydrogen-bond donors (Lipinski definition) is 2. The van der Waals surface area contributed by atoms with Gasteiger partial charge in [-0.25, -0.2) is 8.78 Å². The van der Waals surface area contributed by atoms with Gasteiger partial charge in [0.1, 0.15) is 35.6 Å². The number of benzene rings is 2. The minimum atomic E-state index is -0.881. The summed E-state index contributed by atoms with van der Waals surface area (Å²) < 4.78 is 37.3. The normalized spacial score (nSPS) is 27.3. The monoisotopic (exact) mass is 592 g/mol. The first-order chi connectivity index (χ1) is 20.4. The second kappa shape index (κ2) is 9.86. The zero-order valence-electron chi connectivity index (χ0n) is 23.0. The van der Waals surface area contributed by atoms with E-state index in [9.17, 15) is 9.50 Å². The molecule has 0 spiro atoms. The minimum absolute atomic E-state index is 0.0205. The van der Waals surface area contributed by atoms with Gasteiger partial charge < -0.3 is 20.1 Å². The van der Waals surface area contributed by atoms with Gasteiger partial charge in [0.2, 0.25) is 0 Å². The molecule has 0 amide bonds. The van der Waals surface area contributed by atoms with Crippen molar-refractivity contribution in [1.29, 1.82) is 0 Å². The Morgan fingerprint density at radius 2 is 1.98 bits per heavy atom. The third-order valence-corrected chi connectivity index (χ3v) is 9.87. The number of fused-ring (bicyclic) bond motifs is 5. The van der Waals surface area contributed by atoms with E-state index in [1.807, 2.05) is 6.07 Å². The summed E-state index contributed by atoms with van der Waals surface area (Å²) in [4.78, 5) is 18.3. The first-order valence-corrected chi connectivity index (χ1v) is 15.1. The molecule has 42 heavy (non-hydrogen) atoms. The van der Waals surface area contributed by atoms with Crippen LogP contribution in [0.5, 0.6) is 11.8 Å². The molecule has 2 aromatic carbocycles. The SMILES string of the molecule is Oc1cc(-c2ncc3c(N4C[C@H]5CC[C@@H](C4)N5)nc(OC[C@@]45CCCN4C[C@H](F)C5)nc3c2F)c2c(Cl)cccc2c1. The van der Waals surface area contributed by atoms with Crippen LogP contribution in [0, 0.1) is 5.82 Å². The fraction of sp³-hybridized carbons (Fsp3) is 0.452. The van der Waals surface area contributed by atoms with Crippen LogP contribution in [0.4, 0.5) is 14.6 Å². The predicted octanol–water partition coefficient (Wildman–Crippen LogP) is 5.24. The number of piperazine rings is 1. The summed E-state index contributed by atoms with van der Waals surface area (Å²) in [6.07, 6.45) is 5.15. The van der Waals surface area contributed by atoms with Crippen molar-refractivity contribution in [3.05, 3.63) is 47.4 Å². The summed E-state index contributed by atoms with van der Waals surface area (Å²) in [5.74, 6) is -0.0788. The molecule has 0 unspecified atom stereocenters. The van der Waals surface area contributed by atoms with Gasteiger partial charge in [-0.2, -0.15) is 9.97 Å². The van der Waals surface area contributed by atoms with Crippen LogP contribution in [0.1, 0.15) is 32.1 Å². The second-order valence-corrected chi connectivity index (χ2v) is 12.7. The molecular formula is C31H31ClF2N6O2. The highest BCUT2D eigenvalue weighted by molar-refractivity contribution is 6.36. The molecule has 2 aromatic heterocycles. The van der Waals surface area contributed by atoms with E-state index in [1.54, 1.807) is 24.4 Å². The van der Waals surface area contributed by atoms with Crippen LogP contribution >= 0.6 is 11.6 Å². The molecule has 8 nitrogen and oxygen atoms in total. The molecule has 6 heterocycles. The molecule has 11 heteroatoms. The topological polar surface area (TPSA) is 86.6 Å². The maximum atomic E-state index is 16.6. The molecule has 4 aliphatic heterocycles. The summed E-state index contributed by atoms with van der Waals surface area (Å²) in [5.41, 5.74) is 0.109. The summed E-state index contributed by atoms with van der Waals surface area (Å²) in [7, 11) is 0. The van der Waals surface area contributed by atoms with Crippen LogP contribution in [-0.4, -0.2) is 81.5 Å². The van der Waals surface area contributed by atoms with Crippen LogP contribution in [0.25, 0.3) is 32.9 Å². The molecule has 218 valence electrons. The first kappa shape index (κ1) is 26.3. The molecule has 2 N–H and O–H groups in total. The summed E-state index contributed by atoms with van der Waals surface area (Å²) in [5, 5.41) is 16.3. The Morgan fingerprint density at radius 1 is 1.14 bits per heavy atom. The van der Waals surface area contributed by atoms with E-state index in [2.05, 4.69) is 25.1 Å². The van der Waals surface area contributed by atoms with Crippen LogP contribution in [0.2, 0.25) is 5.02 Å². The number of rotatable bonds is 5. The average molecular weight is 593 g/mol. The smallest absolute Gasteiger partial charge is 0.319 e. The summed E-state index contributed by atoms with van der Waals surface area (Å²) in [6.45, 7) is 2.98. The standard InChI is InChI=1S/C31H31ClF2N6O2/c32-24-4-1-3-17-9-21(41)10-22(25(17)24)27-26(34)28-23(12-35-27)29(39-14-19-5-6-20(15-39)36-19)38-30(37-28)42-16-31-7-2-8-40(31)13-18(33)11-31/h1,3-4,9-10,12,18-20,36,41H,2,5-8,11,13-16H2/t18-,19-,20+,31+/m1/s1. The number of aromatic nitrogens is 3. The Morgan fingerprint density at radius 3 is 2.81 bits per heavy atom. The Labute approximate surface area is 246 Å². The van der Waals surface area contributed by atoms with Crippen molar-refractivity contribution in [3.63, 3.8) is 0 Å². The van der Waals surface area contributed by atoms with E-state index < -0.39 is 12.0 Å². The third kappa shape index (κ3) is 4.26. The maximum Gasteiger partial charge on any atom is 0.319 e. The molecular weight excluding hydrogens is 562 g/mol. The number of pyridine rings is 1. The van der Waals surface area contributed by atoms with E-state index in [0.717, 1.165) is 45.3 Å². The van der Waals surface area contributed by atoms with Gasteiger partial charge in [-0.1, -0.05) is 23.7 Å². The lowest BCUT2D eigenvalue weighted by Gasteiger charge is -2.34. The Kier molecular flexibility index (Phi) is 6.17. The van der Waals surface area contributed by atoms with Gasteiger partial charge in [0.15, 0.2) is 5.82 Å². The lowest BCUT2D eigenvalue weighted by molar-refractivity contribution is 0.107. The highest BCUT2D eigenvalue weighted by atomic mass is 35.5. The van der Waals surface area contributed by atoms with E-state index in [1.165, 1.54) is 6.07 Å². The number of halogens is 3. The molecule has 8 rings (SSSR count). The number of aromatic hydroxyl groups is 1. The first-order valence-electron chi connectivity index (χ1n) is 14.7. The number of nitrogens with zero attached hydrogens (tertiary/aromatic N) is 5. The van der Waals surface area contributed by atoms with Crippen molar-refractivity contribution < 1.29 is 18.6 Å². The molecule has 2 bridgehead atoms. The quantitative estimate of drug-likeness (QED) is 0.325. The second-order valence-electron chi connectivity index (χ2n) is 12.3. The molecule has 4 aromatic rings. The van der Waals surface area contributed by atoms with Crippen LogP contribution in [-0.2, 0) is 0 Å². The van der Waals surface area contributed by atoms with Crippen molar-refractivity contribution in [2.45, 2.75) is 55.9 Å². The summed E-state index contributed by atoms with van der Waals surface area (Å²) >= 11 is 6.56. The van der Waals surface area contributed by atoms with Gasteiger partial charge in [0, 0.05) is 60.3 Å². The molecule has 4 saturated heterocycles. The van der Waals surface area contributed by atoms with Crippen molar-refractivity contribution >= 4 is 39.1 Å². The van der Waals surface area contributed by atoms with Gasteiger partial charge in [0.05, 0.1) is 10.9 Å². The fourth-order valence-corrected chi connectivity index (χ4v) is 7.97. The van der Waals surface area contributed by atoms with Crippen molar-refractivity contribution in [2.75, 3.05) is 37.7 Å². The lowest BCUT2D eigenvalue weighted by atomic mass is 9.95. The number of phenolic OH excluding ortho intramolecular Hbond substituents is 1. The van der Waals surface area contributed by atoms with Gasteiger partial charge in [-0.3, -0.25) is 9.88 Å². The van der Waals surface area contributed by atoms with Crippen LogP contribution in [0.3, 0.4) is 0 Å². The highest BCUT2D eigenvalue weighted by Gasteiger charge is 2.49. The third-order valence-electron chi connectivity index (χ3n) is 9.56. The molecule has 4 atom stereocenters. The number of nitrogens with one attached hydrogen (secondary N) is 1. The fourth-order valence-electron chi connectivity index (χ4n) is 7.69. The van der Waals surface area contributed by atoms with Gasteiger partial charge >= 0.3 is 6.01 Å². The number of ether oxygens (including phenoxy) is 1. The molecule has 0 radical (unpaired) electrons. The largest absolute Gasteiger partial charge is 0.508 e. The van der Waals surface area contributed by atoms with E-state index in [0.29, 0.717) is 57.6 Å². The van der Waals surface area contributed by atoms with Crippen LogP contribution < -0.4 is 15.0 Å². The lowest BCUT2D eigenvalue weighted by Crippen LogP contribution is -2.51. The van der Waals surface area contributed by atoms with E-state index >= 15 is 4.39 Å². The Bertz CT molecular complexity index is 1710. The number of hydrogen-bond acceptors (Lipinski definition) is 8. The molecule has 0 saturated carbocycles. The number of anilines is 1. The minimum Gasteiger partial charge on any atom is -0.508 e. The van der Waals surface area contributed by atoms with E-state index in [4.69, 9.17) is 21.3 Å².